The lowest BCUT2D eigenvalue weighted by Crippen LogP contribution is -2.37. The third kappa shape index (κ3) is 1.74. The number of hydrogen-bond acceptors (Lipinski definition) is 4. The van der Waals surface area contributed by atoms with Crippen LogP contribution in [0.15, 0.2) is 70.3 Å². The molecule has 0 radical (unpaired) electrons. The van der Waals surface area contributed by atoms with E-state index in [4.69, 9.17) is 0 Å². The second-order valence-electron chi connectivity index (χ2n) is 4.78. The van der Waals surface area contributed by atoms with Gasteiger partial charge < -0.3 is 0 Å². The van der Waals surface area contributed by atoms with E-state index in [1.807, 2.05) is 24.3 Å². The van der Waals surface area contributed by atoms with E-state index in [1.165, 1.54) is 4.40 Å². The Bertz CT molecular complexity index is 1110. The fourth-order valence-corrected chi connectivity index (χ4v) is 2.46. The Morgan fingerprint density at radius 2 is 1.45 bits per heavy atom. The van der Waals surface area contributed by atoms with Crippen LogP contribution in [0.25, 0.3) is 22.5 Å². The first-order valence-electron chi connectivity index (χ1n) is 6.72. The summed E-state index contributed by atoms with van der Waals surface area (Å²) in [6.45, 7) is 0. The van der Waals surface area contributed by atoms with E-state index in [9.17, 15) is 9.59 Å². The Balaban J connectivity index is 2.22. The summed E-state index contributed by atoms with van der Waals surface area (Å²) in [5.74, 6) is 0.114. The number of rotatable bonds is 1. The predicted octanol–water partition coefficient (Wildman–Crippen LogP) is 1.39. The van der Waals surface area contributed by atoms with Gasteiger partial charge in [0.05, 0.1) is 16.7 Å². The lowest BCUT2D eigenvalue weighted by molar-refractivity contribution is 0.804. The summed E-state index contributed by atoms with van der Waals surface area (Å²) in [5.41, 5.74) is 0.592. The van der Waals surface area contributed by atoms with Crippen LogP contribution in [0, 0.1) is 0 Å². The quantitative estimate of drug-likeness (QED) is 0.531. The van der Waals surface area contributed by atoms with Crippen molar-refractivity contribution in [1.29, 1.82) is 0 Å². The first kappa shape index (κ1) is 12.5. The van der Waals surface area contributed by atoms with Crippen molar-refractivity contribution in [3.63, 3.8) is 0 Å². The summed E-state index contributed by atoms with van der Waals surface area (Å²) in [4.78, 5) is 33.1. The van der Waals surface area contributed by atoms with Crippen LogP contribution in [0.5, 0.6) is 0 Å². The molecule has 4 rings (SSSR count). The van der Waals surface area contributed by atoms with E-state index >= 15 is 0 Å². The molecule has 0 aliphatic rings. The molecule has 6 nitrogen and oxygen atoms in total. The molecule has 0 aliphatic heterocycles. The van der Waals surface area contributed by atoms with Crippen LogP contribution < -0.4 is 11.4 Å². The standard InChI is InChI=1S/C16H10N4O2/c21-15-18-14-17-12-9-5-2-6-10-13(12)20(14)16(22)19(15)11-7-3-1-4-8-11/h1-10H. The molecule has 0 saturated carbocycles. The van der Waals surface area contributed by atoms with Gasteiger partial charge in [-0.3, -0.25) is 0 Å². The Morgan fingerprint density at radius 3 is 2.23 bits per heavy atom. The normalized spacial score (nSPS) is 11.1. The van der Waals surface area contributed by atoms with Gasteiger partial charge in [-0.05, 0) is 24.3 Å². The fourth-order valence-electron chi connectivity index (χ4n) is 2.46. The zero-order valence-electron chi connectivity index (χ0n) is 11.4. The molecular weight excluding hydrogens is 280 g/mol. The number of nitrogens with zero attached hydrogens (tertiary/aromatic N) is 4. The first-order valence-corrected chi connectivity index (χ1v) is 6.72. The summed E-state index contributed by atoms with van der Waals surface area (Å²) in [6.07, 6.45) is 0. The van der Waals surface area contributed by atoms with Gasteiger partial charge in [0.15, 0.2) is 0 Å². The molecule has 22 heavy (non-hydrogen) atoms. The molecule has 0 amide bonds. The highest BCUT2D eigenvalue weighted by Crippen LogP contribution is 2.11. The van der Waals surface area contributed by atoms with Crippen LogP contribution in [-0.2, 0) is 0 Å². The maximum atomic E-state index is 12.8. The molecule has 106 valence electrons. The number of benzene rings is 1. The van der Waals surface area contributed by atoms with E-state index < -0.39 is 11.4 Å². The van der Waals surface area contributed by atoms with E-state index in [1.54, 1.807) is 36.4 Å². The van der Waals surface area contributed by atoms with Crippen LogP contribution in [0.3, 0.4) is 0 Å². The molecule has 0 bridgehead atoms. The van der Waals surface area contributed by atoms with Crippen LogP contribution >= 0.6 is 0 Å². The summed E-state index contributed by atoms with van der Waals surface area (Å²) in [6, 6.07) is 17.8. The van der Waals surface area contributed by atoms with Gasteiger partial charge in [-0.15, -0.1) is 0 Å². The van der Waals surface area contributed by atoms with Crippen molar-refractivity contribution in [2.24, 2.45) is 0 Å². The largest absolute Gasteiger partial charge is 0.359 e. The van der Waals surface area contributed by atoms with Crippen LogP contribution in [0.4, 0.5) is 0 Å². The van der Waals surface area contributed by atoms with Gasteiger partial charge in [0, 0.05) is 0 Å². The monoisotopic (exact) mass is 290 g/mol. The molecule has 2 aromatic heterocycles. The summed E-state index contributed by atoms with van der Waals surface area (Å²) in [7, 11) is 0. The fraction of sp³-hybridized carbons (Fsp3) is 0. The molecule has 0 unspecified atom stereocenters. The Hall–Kier alpha value is -3.28. The van der Waals surface area contributed by atoms with Crippen molar-refractivity contribution in [1.82, 2.24) is 18.9 Å². The molecule has 0 fully saturated rings. The minimum Gasteiger partial charge on any atom is -0.247 e. The highest BCUT2D eigenvalue weighted by Gasteiger charge is 2.13. The lowest BCUT2D eigenvalue weighted by atomic mass is 10.3. The second kappa shape index (κ2) is 4.63. The molecule has 4 aromatic rings. The van der Waals surface area contributed by atoms with Gasteiger partial charge in [-0.25, -0.2) is 23.5 Å². The molecule has 2 aromatic carbocycles. The number of hydrogen-bond donors (Lipinski definition) is 0. The van der Waals surface area contributed by atoms with Crippen molar-refractivity contribution < 1.29 is 0 Å². The van der Waals surface area contributed by atoms with Gasteiger partial charge in [-0.1, -0.05) is 36.4 Å². The topological polar surface area (TPSA) is 69.3 Å². The molecule has 2 heterocycles. The minimum absolute atomic E-state index is 0.114. The van der Waals surface area contributed by atoms with Crippen LogP contribution in [-0.4, -0.2) is 18.9 Å². The molecule has 0 saturated heterocycles. The molecule has 0 aliphatic carbocycles. The highest BCUT2D eigenvalue weighted by atomic mass is 16.2. The predicted molar refractivity (Wildman–Crippen MR) is 82.4 cm³/mol. The average Bonchev–Trinajstić information content (AvgIpc) is 2.70. The van der Waals surface area contributed by atoms with Gasteiger partial charge in [-0.2, -0.15) is 4.98 Å². The minimum atomic E-state index is -0.636. The Labute approximate surface area is 123 Å². The summed E-state index contributed by atoms with van der Waals surface area (Å²) in [5, 5.41) is 0. The highest BCUT2D eigenvalue weighted by molar-refractivity contribution is 5.78. The van der Waals surface area contributed by atoms with E-state index in [2.05, 4.69) is 9.97 Å². The number of para-hydroxylation sites is 1. The molecule has 0 N–H and O–H groups in total. The van der Waals surface area contributed by atoms with E-state index in [-0.39, 0.29) is 5.78 Å². The zero-order valence-corrected chi connectivity index (χ0v) is 11.4. The second-order valence-corrected chi connectivity index (χ2v) is 4.78. The van der Waals surface area contributed by atoms with Gasteiger partial charge in [0.2, 0.25) is 5.78 Å². The number of fused-ring (bicyclic) bond motifs is 3. The molecule has 0 spiro atoms. The lowest BCUT2D eigenvalue weighted by Gasteiger charge is -2.03. The number of imidazole rings is 1. The Morgan fingerprint density at radius 1 is 0.773 bits per heavy atom. The Kier molecular flexibility index (Phi) is 2.62. The van der Waals surface area contributed by atoms with Crippen LogP contribution in [0.2, 0.25) is 0 Å². The van der Waals surface area contributed by atoms with Crippen molar-refractivity contribution in [2.75, 3.05) is 0 Å². The number of aromatic nitrogens is 4. The van der Waals surface area contributed by atoms with Gasteiger partial charge in [0.1, 0.15) is 0 Å². The van der Waals surface area contributed by atoms with Gasteiger partial charge >= 0.3 is 11.4 Å². The SMILES string of the molecule is O=c1nc2nc3cccccc3n2c(=O)n1-c1ccccc1. The van der Waals surface area contributed by atoms with Gasteiger partial charge in [0.25, 0.3) is 0 Å². The van der Waals surface area contributed by atoms with E-state index in [0.717, 1.165) is 4.57 Å². The van der Waals surface area contributed by atoms with Crippen molar-refractivity contribution in [3.05, 3.63) is 81.6 Å². The molecule has 6 heteroatoms. The third-order valence-electron chi connectivity index (χ3n) is 3.44. The molecular formula is C16H10N4O2. The van der Waals surface area contributed by atoms with Crippen LogP contribution in [0.1, 0.15) is 0 Å². The maximum absolute atomic E-state index is 12.8. The molecule has 0 atom stereocenters. The van der Waals surface area contributed by atoms with Crippen molar-refractivity contribution >= 4 is 16.8 Å². The summed E-state index contributed by atoms with van der Waals surface area (Å²) < 4.78 is 2.39. The average molecular weight is 290 g/mol. The summed E-state index contributed by atoms with van der Waals surface area (Å²) >= 11 is 0. The smallest absolute Gasteiger partial charge is 0.247 e. The van der Waals surface area contributed by atoms with E-state index in [0.29, 0.717) is 16.7 Å². The third-order valence-corrected chi connectivity index (χ3v) is 3.44. The zero-order chi connectivity index (χ0) is 15.1. The maximum Gasteiger partial charge on any atom is 0.359 e. The first-order chi connectivity index (χ1) is 10.8. The van der Waals surface area contributed by atoms with Crippen molar-refractivity contribution in [3.8, 4) is 5.69 Å². The van der Waals surface area contributed by atoms with Crippen molar-refractivity contribution in [2.45, 2.75) is 0 Å².